The Balaban J connectivity index is 1.85. The molecule has 0 aliphatic heterocycles. The summed E-state index contributed by atoms with van der Waals surface area (Å²) in [5, 5.41) is 0. The molecule has 2 aromatic rings. The molecule has 0 heterocycles. The van der Waals surface area contributed by atoms with E-state index in [0.29, 0.717) is 12.0 Å². The lowest BCUT2D eigenvalue weighted by Crippen LogP contribution is -2.00. The first-order chi connectivity index (χ1) is 10.7. The van der Waals surface area contributed by atoms with Crippen molar-refractivity contribution in [2.45, 2.75) is 12.8 Å². The third kappa shape index (κ3) is 2.70. The Morgan fingerprint density at radius 3 is 2.55 bits per heavy atom. The van der Waals surface area contributed by atoms with Gasteiger partial charge in [-0.1, -0.05) is 42.5 Å². The summed E-state index contributed by atoms with van der Waals surface area (Å²) < 4.78 is 4.67. The molecule has 0 fully saturated rings. The second-order valence-electron chi connectivity index (χ2n) is 5.25. The molecule has 0 N–H and O–H groups in total. The van der Waals surface area contributed by atoms with Gasteiger partial charge in [-0.2, -0.15) is 0 Å². The van der Waals surface area contributed by atoms with E-state index in [2.05, 4.69) is 4.74 Å². The molecule has 110 valence electrons. The van der Waals surface area contributed by atoms with Crippen molar-refractivity contribution < 1.29 is 14.3 Å². The normalized spacial score (nSPS) is 13.4. The third-order valence-corrected chi connectivity index (χ3v) is 3.87. The smallest absolute Gasteiger partial charge is 0.337 e. The minimum atomic E-state index is -0.345. The summed E-state index contributed by atoms with van der Waals surface area (Å²) in [7, 11) is 1.36. The molecule has 0 atom stereocenters. The van der Waals surface area contributed by atoms with Crippen LogP contribution in [0.5, 0.6) is 0 Å². The monoisotopic (exact) mass is 292 g/mol. The van der Waals surface area contributed by atoms with Gasteiger partial charge in [0.2, 0.25) is 0 Å². The van der Waals surface area contributed by atoms with Crippen LogP contribution in [0.3, 0.4) is 0 Å². The number of rotatable bonds is 3. The van der Waals surface area contributed by atoms with Crippen LogP contribution in [0.25, 0.3) is 12.2 Å². The average Bonchev–Trinajstić information content (AvgIpc) is 2.95. The van der Waals surface area contributed by atoms with Crippen molar-refractivity contribution in [2.24, 2.45) is 0 Å². The molecule has 2 aromatic carbocycles. The zero-order chi connectivity index (χ0) is 15.5. The number of benzene rings is 2. The molecular weight excluding hydrogens is 276 g/mol. The number of ether oxygens (including phenoxy) is 1. The molecule has 3 heteroatoms. The predicted octanol–water partition coefficient (Wildman–Crippen LogP) is 3.77. The van der Waals surface area contributed by atoms with Gasteiger partial charge in [-0.3, -0.25) is 4.79 Å². The number of fused-ring (bicyclic) bond motifs is 1. The summed E-state index contributed by atoms with van der Waals surface area (Å²) in [5.74, 6) is -0.127. The third-order valence-electron chi connectivity index (χ3n) is 3.87. The van der Waals surface area contributed by atoms with Crippen molar-refractivity contribution in [2.75, 3.05) is 7.11 Å². The Kier molecular flexibility index (Phi) is 3.88. The zero-order valence-electron chi connectivity index (χ0n) is 12.3. The minimum Gasteiger partial charge on any atom is -0.465 e. The van der Waals surface area contributed by atoms with E-state index in [1.54, 1.807) is 12.1 Å². The van der Waals surface area contributed by atoms with Crippen LogP contribution in [0, 0.1) is 0 Å². The number of aryl methyl sites for hydroxylation is 1. The minimum absolute atomic E-state index is 0.219. The number of hydrogen-bond donors (Lipinski definition) is 0. The Morgan fingerprint density at radius 1 is 1.05 bits per heavy atom. The molecule has 1 aliphatic rings. The highest BCUT2D eigenvalue weighted by atomic mass is 16.5. The second-order valence-corrected chi connectivity index (χ2v) is 5.25. The fraction of sp³-hybridized carbons (Fsp3) is 0.158. The van der Waals surface area contributed by atoms with Crippen LogP contribution in [0.4, 0.5) is 0 Å². The van der Waals surface area contributed by atoms with E-state index in [9.17, 15) is 9.59 Å². The molecule has 0 saturated carbocycles. The topological polar surface area (TPSA) is 43.4 Å². The van der Waals surface area contributed by atoms with Crippen LogP contribution in [0.1, 0.15) is 43.8 Å². The highest BCUT2D eigenvalue weighted by molar-refractivity contribution is 6.04. The predicted molar refractivity (Wildman–Crippen MR) is 85.8 cm³/mol. The first-order valence-corrected chi connectivity index (χ1v) is 7.20. The number of hydrogen-bond acceptors (Lipinski definition) is 3. The summed E-state index contributed by atoms with van der Waals surface area (Å²) in [6.07, 6.45) is 5.34. The maximum Gasteiger partial charge on any atom is 0.337 e. The van der Waals surface area contributed by atoms with Crippen LogP contribution in [0.15, 0.2) is 42.5 Å². The van der Waals surface area contributed by atoms with Crippen molar-refractivity contribution in [3.63, 3.8) is 0 Å². The van der Waals surface area contributed by atoms with Crippen molar-refractivity contribution >= 4 is 23.9 Å². The number of ketones is 1. The second kappa shape index (κ2) is 5.98. The summed E-state index contributed by atoms with van der Waals surface area (Å²) in [5.41, 5.74) is 4.43. The first kappa shape index (κ1) is 14.3. The molecule has 0 radical (unpaired) electrons. The summed E-state index contributed by atoms with van der Waals surface area (Å²) in [6, 6.07) is 13.1. The summed E-state index contributed by atoms with van der Waals surface area (Å²) >= 11 is 0. The first-order valence-electron chi connectivity index (χ1n) is 7.20. The Hall–Kier alpha value is -2.68. The van der Waals surface area contributed by atoms with Gasteiger partial charge in [0.1, 0.15) is 0 Å². The molecular formula is C19H16O3. The maximum atomic E-state index is 12.0. The highest BCUT2D eigenvalue weighted by Crippen LogP contribution is 2.26. The van der Waals surface area contributed by atoms with Gasteiger partial charge in [-0.25, -0.2) is 4.79 Å². The van der Waals surface area contributed by atoms with Crippen LogP contribution in [-0.2, 0) is 11.2 Å². The van der Waals surface area contributed by atoms with Crippen molar-refractivity contribution in [1.82, 2.24) is 0 Å². The Morgan fingerprint density at radius 2 is 1.82 bits per heavy atom. The lowest BCUT2D eigenvalue weighted by atomic mass is 10.0. The van der Waals surface area contributed by atoms with E-state index >= 15 is 0 Å². The number of carbonyl (C=O) groups excluding carboxylic acids is 2. The largest absolute Gasteiger partial charge is 0.465 e. The summed E-state index contributed by atoms with van der Waals surface area (Å²) in [6.45, 7) is 0. The van der Waals surface area contributed by atoms with Gasteiger partial charge in [0.15, 0.2) is 5.78 Å². The molecule has 3 rings (SSSR count). The van der Waals surface area contributed by atoms with Gasteiger partial charge < -0.3 is 4.74 Å². The Bertz CT molecular complexity index is 755. The van der Waals surface area contributed by atoms with E-state index in [4.69, 9.17) is 0 Å². The molecule has 0 spiro atoms. The molecule has 0 bridgehead atoms. The lowest BCUT2D eigenvalue weighted by Gasteiger charge is -2.03. The summed E-state index contributed by atoms with van der Waals surface area (Å²) in [4.78, 5) is 23.4. The van der Waals surface area contributed by atoms with E-state index < -0.39 is 0 Å². The van der Waals surface area contributed by atoms with Crippen molar-refractivity contribution in [3.05, 3.63) is 70.3 Å². The van der Waals surface area contributed by atoms with Crippen LogP contribution >= 0.6 is 0 Å². The van der Waals surface area contributed by atoms with Gasteiger partial charge in [0, 0.05) is 12.0 Å². The fourth-order valence-electron chi connectivity index (χ4n) is 2.71. The number of methoxy groups -OCH3 is 1. The molecule has 0 saturated heterocycles. The van der Waals surface area contributed by atoms with Crippen molar-refractivity contribution in [3.8, 4) is 0 Å². The van der Waals surface area contributed by atoms with E-state index in [1.165, 1.54) is 7.11 Å². The van der Waals surface area contributed by atoms with Gasteiger partial charge in [-0.05, 0) is 35.2 Å². The van der Waals surface area contributed by atoms with Gasteiger partial charge in [0.05, 0.1) is 12.7 Å². The van der Waals surface area contributed by atoms with Gasteiger partial charge >= 0.3 is 5.97 Å². The van der Waals surface area contributed by atoms with E-state index in [-0.39, 0.29) is 11.8 Å². The molecule has 0 unspecified atom stereocenters. The number of carbonyl (C=O) groups is 2. The average molecular weight is 292 g/mol. The number of Topliss-reactive ketones (excluding diaryl/α,β-unsaturated/α-hetero) is 1. The van der Waals surface area contributed by atoms with Crippen LogP contribution in [0.2, 0.25) is 0 Å². The molecule has 0 amide bonds. The van der Waals surface area contributed by atoms with Crippen LogP contribution in [-0.4, -0.2) is 18.9 Å². The number of esters is 1. The van der Waals surface area contributed by atoms with Crippen molar-refractivity contribution in [1.29, 1.82) is 0 Å². The molecule has 3 nitrogen and oxygen atoms in total. The maximum absolute atomic E-state index is 12.0. The van der Waals surface area contributed by atoms with E-state index in [1.807, 2.05) is 42.5 Å². The quantitative estimate of drug-likeness (QED) is 0.639. The lowest BCUT2D eigenvalue weighted by molar-refractivity contribution is 0.0600. The standard InChI is InChI=1S/C19H16O3/c1-22-19(21)16-9-6-13(7-10-16)5-8-14-3-2-4-15-11-12-17(20)18(14)15/h2-10H,11-12H2,1H3. The highest BCUT2D eigenvalue weighted by Gasteiger charge is 2.21. The molecule has 22 heavy (non-hydrogen) atoms. The van der Waals surface area contributed by atoms with Gasteiger partial charge in [-0.15, -0.1) is 0 Å². The Labute approximate surface area is 129 Å². The zero-order valence-corrected chi connectivity index (χ0v) is 12.3. The van der Waals surface area contributed by atoms with E-state index in [0.717, 1.165) is 28.7 Å². The van der Waals surface area contributed by atoms with Gasteiger partial charge in [0.25, 0.3) is 0 Å². The van der Waals surface area contributed by atoms with Crippen LogP contribution < -0.4 is 0 Å². The molecule has 1 aliphatic carbocycles. The SMILES string of the molecule is COC(=O)c1ccc(C=Cc2cccc3c2C(=O)CC3)cc1. The molecule has 0 aromatic heterocycles. The fourth-order valence-corrected chi connectivity index (χ4v) is 2.71.